The molecular formula is C22H27N3O4. The number of rotatable bonds is 9. The van der Waals surface area contributed by atoms with E-state index < -0.39 is 23.5 Å². The van der Waals surface area contributed by atoms with Crippen LogP contribution >= 0.6 is 0 Å². The molecule has 154 valence electrons. The minimum Gasteiger partial charge on any atom is -0.503 e. The third-order valence-corrected chi connectivity index (χ3v) is 5.30. The van der Waals surface area contributed by atoms with E-state index in [2.05, 4.69) is 23.7 Å². The van der Waals surface area contributed by atoms with E-state index in [0.717, 1.165) is 31.6 Å². The summed E-state index contributed by atoms with van der Waals surface area (Å²) in [6, 6.07) is 6.10. The Morgan fingerprint density at radius 3 is 2.48 bits per heavy atom. The number of aliphatic hydroxyl groups is 1. The first-order valence-electron chi connectivity index (χ1n) is 9.95. The number of aliphatic hydroxyl groups excluding tert-OH is 1. The van der Waals surface area contributed by atoms with E-state index in [4.69, 9.17) is 4.42 Å². The number of amides is 1. The fourth-order valence-corrected chi connectivity index (χ4v) is 3.70. The molecule has 1 N–H and O–H groups in total. The molecule has 0 radical (unpaired) electrons. The molecule has 1 atom stereocenters. The lowest BCUT2D eigenvalue weighted by Crippen LogP contribution is -2.34. The predicted molar refractivity (Wildman–Crippen MR) is 109 cm³/mol. The first-order chi connectivity index (χ1) is 14.0. The molecule has 0 aliphatic carbocycles. The largest absolute Gasteiger partial charge is 0.503 e. The highest BCUT2D eigenvalue weighted by Crippen LogP contribution is 2.39. The molecule has 29 heavy (non-hydrogen) atoms. The molecule has 1 aliphatic heterocycles. The van der Waals surface area contributed by atoms with Crippen molar-refractivity contribution in [3.05, 3.63) is 65.1 Å². The van der Waals surface area contributed by atoms with Crippen molar-refractivity contribution in [3.8, 4) is 0 Å². The van der Waals surface area contributed by atoms with Gasteiger partial charge in [-0.05, 0) is 62.8 Å². The molecule has 0 spiro atoms. The van der Waals surface area contributed by atoms with Gasteiger partial charge >= 0.3 is 0 Å². The summed E-state index contributed by atoms with van der Waals surface area (Å²) in [5, 5.41) is 10.6. The van der Waals surface area contributed by atoms with Crippen LogP contribution in [-0.4, -0.2) is 57.8 Å². The van der Waals surface area contributed by atoms with Gasteiger partial charge in [-0.3, -0.25) is 14.6 Å². The number of aryl methyl sites for hydroxylation is 1. The zero-order valence-electron chi connectivity index (χ0n) is 17.1. The van der Waals surface area contributed by atoms with E-state index in [1.807, 2.05) is 0 Å². The molecule has 3 rings (SSSR count). The second-order valence-corrected chi connectivity index (χ2v) is 7.06. The minimum absolute atomic E-state index is 0.0541. The minimum atomic E-state index is -0.667. The van der Waals surface area contributed by atoms with E-state index in [1.54, 1.807) is 48.5 Å². The van der Waals surface area contributed by atoms with Crippen LogP contribution in [-0.2, 0) is 4.79 Å². The third kappa shape index (κ3) is 4.24. The number of carbonyl (C=O) groups excluding carboxylic acids is 2. The van der Waals surface area contributed by atoms with Gasteiger partial charge in [0.05, 0.1) is 11.6 Å². The second-order valence-electron chi connectivity index (χ2n) is 7.06. The van der Waals surface area contributed by atoms with E-state index in [-0.39, 0.29) is 11.3 Å². The Morgan fingerprint density at radius 1 is 1.21 bits per heavy atom. The zero-order chi connectivity index (χ0) is 21.0. The van der Waals surface area contributed by atoms with Gasteiger partial charge in [0, 0.05) is 18.9 Å². The Kier molecular flexibility index (Phi) is 6.49. The molecule has 0 saturated carbocycles. The van der Waals surface area contributed by atoms with Crippen LogP contribution in [0.2, 0.25) is 0 Å². The van der Waals surface area contributed by atoms with Crippen LogP contribution in [0.3, 0.4) is 0 Å². The van der Waals surface area contributed by atoms with E-state index in [1.165, 1.54) is 0 Å². The highest BCUT2D eigenvalue weighted by molar-refractivity contribution is 6.15. The van der Waals surface area contributed by atoms with E-state index in [0.29, 0.717) is 12.3 Å². The van der Waals surface area contributed by atoms with Crippen molar-refractivity contribution in [2.45, 2.75) is 33.2 Å². The Bertz CT molecular complexity index is 900. The van der Waals surface area contributed by atoms with Gasteiger partial charge in [0.15, 0.2) is 11.5 Å². The highest BCUT2D eigenvalue weighted by atomic mass is 16.3. The van der Waals surface area contributed by atoms with E-state index in [9.17, 15) is 14.7 Å². The quantitative estimate of drug-likeness (QED) is 0.654. The number of furan rings is 1. The number of carbonyl (C=O) groups is 2. The number of pyridine rings is 1. The van der Waals surface area contributed by atoms with Gasteiger partial charge in [0.25, 0.3) is 5.91 Å². The average molecular weight is 397 g/mol. The Labute approximate surface area is 170 Å². The highest BCUT2D eigenvalue weighted by Gasteiger charge is 2.44. The van der Waals surface area contributed by atoms with Crippen LogP contribution in [0.25, 0.3) is 0 Å². The van der Waals surface area contributed by atoms with Gasteiger partial charge in [-0.25, -0.2) is 0 Å². The maximum Gasteiger partial charge on any atom is 0.290 e. The average Bonchev–Trinajstić information content (AvgIpc) is 3.28. The second kappa shape index (κ2) is 9.05. The molecule has 1 amide bonds. The first kappa shape index (κ1) is 20.8. The van der Waals surface area contributed by atoms with Crippen molar-refractivity contribution in [1.82, 2.24) is 14.8 Å². The fraction of sp³-hybridized carbons (Fsp3) is 0.409. The summed E-state index contributed by atoms with van der Waals surface area (Å²) in [5.74, 6) is -0.807. The van der Waals surface area contributed by atoms with Crippen molar-refractivity contribution >= 4 is 11.7 Å². The summed E-state index contributed by atoms with van der Waals surface area (Å²) in [6.45, 7) is 9.07. The Balaban J connectivity index is 1.91. The standard InChI is InChI=1S/C22H27N3O4/c1-4-24(5-2)13-6-14-25-19(16-9-11-23-12-10-16)18(21(27)22(25)28)20(26)17-8-7-15(3)29-17/h7-12,19,27H,4-6,13-14H2,1-3H3/t19-/m1/s1. The molecule has 0 bridgehead atoms. The fourth-order valence-electron chi connectivity index (χ4n) is 3.70. The predicted octanol–water partition coefficient (Wildman–Crippen LogP) is 3.29. The smallest absolute Gasteiger partial charge is 0.290 e. The number of ketones is 1. The monoisotopic (exact) mass is 397 g/mol. The normalized spacial score (nSPS) is 16.9. The number of hydrogen-bond acceptors (Lipinski definition) is 6. The van der Waals surface area contributed by atoms with Crippen LogP contribution in [0, 0.1) is 6.92 Å². The first-order valence-corrected chi connectivity index (χ1v) is 9.95. The van der Waals surface area contributed by atoms with Crippen LogP contribution in [0.5, 0.6) is 0 Å². The molecule has 0 fully saturated rings. The van der Waals surface area contributed by atoms with Crippen LogP contribution in [0.1, 0.15) is 48.2 Å². The molecule has 2 aromatic rings. The summed E-state index contributed by atoms with van der Waals surface area (Å²) in [5.41, 5.74) is 0.783. The Morgan fingerprint density at radius 2 is 1.90 bits per heavy atom. The molecule has 1 aliphatic rings. The number of hydrogen-bond donors (Lipinski definition) is 1. The summed E-state index contributed by atoms with van der Waals surface area (Å²) < 4.78 is 5.46. The van der Waals surface area contributed by atoms with Gasteiger partial charge in [-0.2, -0.15) is 0 Å². The topological polar surface area (TPSA) is 86.9 Å². The van der Waals surface area contributed by atoms with Gasteiger partial charge in [0.1, 0.15) is 5.76 Å². The van der Waals surface area contributed by atoms with Crippen molar-refractivity contribution in [3.63, 3.8) is 0 Å². The third-order valence-electron chi connectivity index (χ3n) is 5.30. The van der Waals surface area contributed by atoms with Gasteiger partial charge in [-0.1, -0.05) is 13.8 Å². The van der Waals surface area contributed by atoms with Crippen molar-refractivity contribution in [2.75, 3.05) is 26.2 Å². The van der Waals surface area contributed by atoms with E-state index >= 15 is 0 Å². The van der Waals surface area contributed by atoms with Gasteiger partial charge < -0.3 is 19.3 Å². The van der Waals surface area contributed by atoms with Crippen LogP contribution < -0.4 is 0 Å². The molecule has 0 saturated heterocycles. The number of aromatic nitrogens is 1. The van der Waals surface area contributed by atoms with Crippen molar-refractivity contribution in [2.24, 2.45) is 0 Å². The van der Waals surface area contributed by atoms with Crippen molar-refractivity contribution < 1.29 is 19.1 Å². The lowest BCUT2D eigenvalue weighted by atomic mass is 9.96. The molecule has 7 heteroatoms. The molecule has 7 nitrogen and oxygen atoms in total. The molecule has 3 heterocycles. The lowest BCUT2D eigenvalue weighted by Gasteiger charge is -2.27. The Hall–Kier alpha value is -2.93. The number of nitrogens with zero attached hydrogens (tertiary/aromatic N) is 3. The SMILES string of the molecule is CCN(CC)CCCN1C(=O)C(O)=C(C(=O)c2ccc(C)o2)[C@H]1c1ccncc1. The molecule has 0 aromatic carbocycles. The molecule has 0 unspecified atom stereocenters. The molecule has 2 aromatic heterocycles. The maximum atomic E-state index is 13.1. The summed E-state index contributed by atoms with van der Waals surface area (Å²) in [7, 11) is 0. The molecular weight excluding hydrogens is 370 g/mol. The van der Waals surface area contributed by atoms with Crippen molar-refractivity contribution in [1.29, 1.82) is 0 Å². The number of Topliss-reactive ketones (excluding diaryl/α,β-unsaturated/α-hetero) is 1. The summed E-state index contributed by atoms with van der Waals surface area (Å²) in [6.07, 6.45) is 3.97. The summed E-state index contributed by atoms with van der Waals surface area (Å²) >= 11 is 0. The summed E-state index contributed by atoms with van der Waals surface area (Å²) in [4.78, 5) is 33.8. The maximum absolute atomic E-state index is 13.1. The van der Waals surface area contributed by atoms with Gasteiger partial charge in [-0.15, -0.1) is 0 Å². The van der Waals surface area contributed by atoms with Crippen LogP contribution in [0.15, 0.2) is 52.4 Å². The lowest BCUT2D eigenvalue weighted by molar-refractivity contribution is -0.129. The van der Waals surface area contributed by atoms with Gasteiger partial charge in [0.2, 0.25) is 5.78 Å². The zero-order valence-corrected chi connectivity index (χ0v) is 17.1. The van der Waals surface area contributed by atoms with Crippen LogP contribution in [0.4, 0.5) is 0 Å².